The Morgan fingerprint density at radius 3 is 2.67 bits per heavy atom. The molecular weight excluding hydrogens is 308 g/mol. The normalized spacial score (nSPS) is 28.0. The first-order valence-corrected chi connectivity index (χ1v) is 10.7. The number of thioether (sulfide) groups is 1. The molecule has 2 N–H and O–H groups in total. The van der Waals surface area contributed by atoms with E-state index in [9.17, 15) is 13.2 Å². The third kappa shape index (κ3) is 5.14. The molecule has 0 bridgehead atoms. The highest BCUT2D eigenvalue weighted by atomic mass is 32.2. The lowest BCUT2D eigenvalue weighted by Gasteiger charge is -2.36. The third-order valence-corrected chi connectivity index (χ3v) is 7.69. The summed E-state index contributed by atoms with van der Waals surface area (Å²) in [6.07, 6.45) is 8.45. The Balaban J connectivity index is 1.79. The van der Waals surface area contributed by atoms with Gasteiger partial charge in [0.2, 0.25) is 5.91 Å². The van der Waals surface area contributed by atoms with Crippen LogP contribution in [-0.4, -0.2) is 56.0 Å². The first-order chi connectivity index (χ1) is 9.95. The van der Waals surface area contributed by atoms with Crippen LogP contribution in [-0.2, 0) is 14.6 Å². The number of amides is 1. The van der Waals surface area contributed by atoms with E-state index in [1.807, 2.05) is 11.8 Å². The first kappa shape index (κ1) is 17.1. The molecule has 2 fully saturated rings. The van der Waals surface area contributed by atoms with Crippen molar-refractivity contribution in [3.8, 4) is 0 Å². The summed E-state index contributed by atoms with van der Waals surface area (Å²) in [4.78, 5) is 12.1. The van der Waals surface area contributed by atoms with Crippen LogP contribution in [0.5, 0.6) is 0 Å². The zero-order chi connectivity index (χ0) is 15.3. The van der Waals surface area contributed by atoms with Crippen LogP contribution in [0.1, 0.15) is 38.5 Å². The third-order valence-electron chi connectivity index (χ3n) is 4.54. The van der Waals surface area contributed by atoms with Crippen molar-refractivity contribution in [1.29, 1.82) is 0 Å². The maximum absolute atomic E-state index is 12.1. The SMILES string of the molecule is CSC1(CNC(=O)CC2CS(=O)(=O)CCN2)CCCCC1. The molecule has 2 aliphatic rings. The van der Waals surface area contributed by atoms with Gasteiger partial charge in [-0.1, -0.05) is 19.3 Å². The highest BCUT2D eigenvalue weighted by Gasteiger charge is 2.32. The van der Waals surface area contributed by atoms with Crippen LogP contribution in [0.4, 0.5) is 0 Å². The molecule has 1 atom stereocenters. The maximum atomic E-state index is 12.1. The lowest BCUT2D eigenvalue weighted by Crippen LogP contribution is -2.48. The van der Waals surface area contributed by atoms with Gasteiger partial charge in [-0.05, 0) is 19.1 Å². The molecule has 0 aromatic carbocycles. The van der Waals surface area contributed by atoms with E-state index in [0.717, 1.165) is 12.8 Å². The molecule has 0 aromatic rings. The number of hydrogen-bond donors (Lipinski definition) is 2. The smallest absolute Gasteiger partial charge is 0.221 e. The number of rotatable bonds is 5. The molecule has 0 spiro atoms. The van der Waals surface area contributed by atoms with Gasteiger partial charge in [-0.3, -0.25) is 4.79 Å². The molecule has 122 valence electrons. The van der Waals surface area contributed by atoms with Gasteiger partial charge in [0.1, 0.15) is 0 Å². The van der Waals surface area contributed by atoms with Gasteiger partial charge in [0, 0.05) is 30.3 Å². The standard InChI is InChI=1S/C14H26N2O3S2/c1-20-14(5-3-2-4-6-14)11-16-13(17)9-12-10-21(18,19)8-7-15-12/h12,15H,2-11H2,1H3,(H,16,17). The summed E-state index contributed by atoms with van der Waals surface area (Å²) in [5.41, 5.74) is 0. The fourth-order valence-corrected chi connectivity index (χ4v) is 5.56. The average Bonchev–Trinajstić information content (AvgIpc) is 2.45. The molecule has 1 amide bonds. The minimum Gasteiger partial charge on any atom is -0.355 e. The van der Waals surface area contributed by atoms with E-state index in [0.29, 0.717) is 13.1 Å². The van der Waals surface area contributed by atoms with Gasteiger partial charge in [0.15, 0.2) is 9.84 Å². The Kier molecular flexibility index (Phi) is 5.96. The van der Waals surface area contributed by atoms with Crippen molar-refractivity contribution in [2.45, 2.75) is 49.3 Å². The number of carbonyl (C=O) groups excluding carboxylic acids is 1. The van der Waals surface area contributed by atoms with Gasteiger partial charge in [-0.15, -0.1) is 0 Å². The van der Waals surface area contributed by atoms with E-state index in [1.165, 1.54) is 19.3 Å². The van der Waals surface area contributed by atoms with Gasteiger partial charge >= 0.3 is 0 Å². The van der Waals surface area contributed by atoms with Crippen LogP contribution in [0.25, 0.3) is 0 Å². The molecule has 5 nitrogen and oxygen atoms in total. The Bertz CT molecular complexity index is 459. The fourth-order valence-electron chi connectivity index (χ4n) is 3.20. The molecule has 1 heterocycles. The predicted molar refractivity (Wildman–Crippen MR) is 87.4 cm³/mol. The number of carbonyl (C=O) groups is 1. The largest absolute Gasteiger partial charge is 0.355 e. The van der Waals surface area contributed by atoms with Crippen LogP contribution in [0.3, 0.4) is 0 Å². The van der Waals surface area contributed by atoms with Crippen molar-refractivity contribution >= 4 is 27.5 Å². The van der Waals surface area contributed by atoms with Crippen molar-refractivity contribution in [2.24, 2.45) is 0 Å². The zero-order valence-corrected chi connectivity index (χ0v) is 14.3. The number of nitrogens with one attached hydrogen (secondary N) is 2. The van der Waals surface area contributed by atoms with Crippen molar-refractivity contribution in [3.63, 3.8) is 0 Å². The van der Waals surface area contributed by atoms with Crippen molar-refractivity contribution in [3.05, 3.63) is 0 Å². The molecule has 21 heavy (non-hydrogen) atoms. The van der Waals surface area contributed by atoms with Crippen LogP contribution >= 0.6 is 11.8 Å². The minimum atomic E-state index is -2.98. The fraction of sp³-hybridized carbons (Fsp3) is 0.929. The summed E-state index contributed by atoms with van der Waals surface area (Å²) in [5.74, 6) is 0.220. The second kappa shape index (κ2) is 7.33. The topological polar surface area (TPSA) is 75.3 Å². The van der Waals surface area contributed by atoms with E-state index >= 15 is 0 Å². The highest BCUT2D eigenvalue weighted by molar-refractivity contribution is 8.00. The first-order valence-electron chi connectivity index (χ1n) is 7.70. The van der Waals surface area contributed by atoms with Gasteiger partial charge in [0.25, 0.3) is 0 Å². The van der Waals surface area contributed by atoms with E-state index in [4.69, 9.17) is 0 Å². The molecule has 2 rings (SSSR count). The molecule has 1 saturated carbocycles. The van der Waals surface area contributed by atoms with Crippen LogP contribution < -0.4 is 10.6 Å². The van der Waals surface area contributed by atoms with Crippen LogP contribution in [0, 0.1) is 0 Å². The highest BCUT2D eigenvalue weighted by Crippen LogP contribution is 2.37. The monoisotopic (exact) mass is 334 g/mol. The van der Waals surface area contributed by atoms with Gasteiger partial charge in [-0.2, -0.15) is 11.8 Å². The summed E-state index contributed by atoms with van der Waals surface area (Å²) in [6.45, 7) is 1.15. The van der Waals surface area contributed by atoms with Gasteiger partial charge in [0.05, 0.1) is 11.5 Å². The Morgan fingerprint density at radius 1 is 1.33 bits per heavy atom. The number of hydrogen-bond acceptors (Lipinski definition) is 5. The van der Waals surface area contributed by atoms with Gasteiger partial charge in [-0.25, -0.2) is 8.42 Å². The molecule has 1 unspecified atom stereocenters. The zero-order valence-electron chi connectivity index (χ0n) is 12.7. The Morgan fingerprint density at radius 2 is 2.05 bits per heavy atom. The summed E-state index contributed by atoms with van der Waals surface area (Å²) >= 11 is 1.85. The van der Waals surface area contributed by atoms with E-state index < -0.39 is 9.84 Å². The second-order valence-electron chi connectivity index (χ2n) is 6.19. The van der Waals surface area contributed by atoms with Crippen molar-refractivity contribution < 1.29 is 13.2 Å². The summed E-state index contributed by atoms with van der Waals surface area (Å²) in [6, 6.07) is -0.236. The Hall–Kier alpha value is -0.270. The second-order valence-corrected chi connectivity index (χ2v) is 9.70. The maximum Gasteiger partial charge on any atom is 0.221 e. The predicted octanol–water partition coefficient (Wildman–Crippen LogP) is 0.945. The molecule has 1 saturated heterocycles. The summed E-state index contributed by atoms with van der Waals surface area (Å²) < 4.78 is 23.3. The average molecular weight is 335 g/mol. The van der Waals surface area contributed by atoms with Gasteiger partial charge < -0.3 is 10.6 Å². The lowest BCUT2D eigenvalue weighted by atomic mass is 9.88. The Labute approximate surface area is 131 Å². The summed E-state index contributed by atoms with van der Waals surface area (Å²) in [7, 11) is -2.98. The van der Waals surface area contributed by atoms with E-state index in [1.54, 1.807) is 0 Å². The lowest BCUT2D eigenvalue weighted by molar-refractivity contribution is -0.121. The van der Waals surface area contributed by atoms with E-state index in [2.05, 4.69) is 16.9 Å². The minimum absolute atomic E-state index is 0.0383. The quantitative estimate of drug-likeness (QED) is 0.783. The van der Waals surface area contributed by atoms with Crippen LogP contribution in [0.15, 0.2) is 0 Å². The molecule has 1 aliphatic carbocycles. The van der Waals surface area contributed by atoms with Crippen LogP contribution in [0.2, 0.25) is 0 Å². The molecule has 7 heteroatoms. The summed E-state index contributed by atoms with van der Waals surface area (Å²) in [5, 5.41) is 6.15. The molecule has 0 aromatic heterocycles. The van der Waals surface area contributed by atoms with E-state index in [-0.39, 0.29) is 34.6 Å². The molecular formula is C14H26N2O3S2. The van der Waals surface area contributed by atoms with Crippen molar-refractivity contribution in [1.82, 2.24) is 10.6 Å². The van der Waals surface area contributed by atoms with Crippen molar-refractivity contribution in [2.75, 3.05) is 30.9 Å². The molecule has 0 radical (unpaired) electrons. The molecule has 1 aliphatic heterocycles. The number of sulfone groups is 1.